The van der Waals surface area contributed by atoms with Crippen LogP contribution in [0.1, 0.15) is 32.8 Å². The third-order valence-corrected chi connectivity index (χ3v) is 11.9. The van der Waals surface area contributed by atoms with Crippen molar-refractivity contribution in [3.05, 3.63) is 73.9 Å². The summed E-state index contributed by atoms with van der Waals surface area (Å²) in [5.41, 5.74) is 2.14. The van der Waals surface area contributed by atoms with Gasteiger partial charge in [0, 0.05) is 0 Å². The Morgan fingerprint density at radius 1 is 1.22 bits per heavy atom. The first-order chi connectivity index (χ1) is 14.9. The molecule has 1 fully saturated rings. The van der Waals surface area contributed by atoms with Crippen molar-refractivity contribution in [1.82, 2.24) is 0 Å². The molecule has 1 aliphatic rings. The van der Waals surface area contributed by atoms with Crippen molar-refractivity contribution in [1.29, 1.82) is 0 Å². The largest absolute Gasteiger partial charge is 0.541 e. The highest BCUT2D eigenvalue weighted by Crippen LogP contribution is 2.49. The number of ether oxygens (including phenoxy) is 1. The molecular weight excluding hydrogens is 412 g/mol. The van der Waals surface area contributed by atoms with Crippen LogP contribution >= 0.6 is 0 Å². The van der Waals surface area contributed by atoms with Gasteiger partial charge in [0.15, 0.2) is 5.75 Å². The Balaban J connectivity index is 2.40. The fourth-order valence-corrected chi connectivity index (χ4v) is 5.67. The van der Waals surface area contributed by atoms with Crippen LogP contribution in [-0.2, 0) is 6.42 Å². The van der Waals surface area contributed by atoms with E-state index in [9.17, 15) is 5.11 Å². The zero-order chi connectivity index (χ0) is 24.3. The second kappa shape index (κ2) is 10.3. The third kappa shape index (κ3) is 5.47. The van der Waals surface area contributed by atoms with Gasteiger partial charge < -0.3 is 14.3 Å². The maximum absolute atomic E-state index is 10.8. The van der Waals surface area contributed by atoms with Crippen LogP contribution < -0.4 is 9.16 Å². The fraction of sp³-hybridized carbons (Fsp3) is 0.500. The lowest BCUT2D eigenvalue weighted by Crippen LogP contribution is -2.44. The highest BCUT2D eigenvalue weighted by Gasteiger charge is 2.45. The van der Waals surface area contributed by atoms with Gasteiger partial charge >= 0.3 is 0 Å². The van der Waals surface area contributed by atoms with Crippen molar-refractivity contribution in [2.24, 2.45) is 23.7 Å². The molecule has 2 rings (SSSR count). The summed E-state index contributed by atoms with van der Waals surface area (Å²) in [6.45, 7) is 27.2. The smallest absolute Gasteiger partial charge is 0.250 e. The van der Waals surface area contributed by atoms with E-state index in [0.29, 0.717) is 0 Å². The quantitative estimate of drug-likeness (QED) is 0.236. The number of benzene rings is 1. The Bertz CT molecular complexity index is 849. The zero-order valence-corrected chi connectivity index (χ0v) is 21.9. The molecule has 0 spiro atoms. The second-order valence-electron chi connectivity index (χ2n) is 10.6. The number of methoxy groups -OCH3 is 1. The molecule has 1 N–H and O–H groups in total. The van der Waals surface area contributed by atoms with E-state index in [1.165, 1.54) is 5.56 Å². The number of aliphatic hydroxyl groups excluding tert-OH is 1. The standard InChI is InChI=1S/C28H42O3Si/c1-11-19(4)26-21(12-2)18-22(27(26)23(29)13-3)16-20-14-15-24(30-8)25(17-20)31-32(9,10)28(5,6)7/h11-15,17,21-23,26-27,29H,1-4,16,18H2,5-10H3/t21-,22-,23?,26+,27-/m1/s1. The van der Waals surface area contributed by atoms with Crippen LogP contribution in [0.2, 0.25) is 18.1 Å². The minimum Gasteiger partial charge on any atom is -0.541 e. The monoisotopic (exact) mass is 454 g/mol. The summed E-state index contributed by atoms with van der Waals surface area (Å²) in [7, 11) is -0.333. The Hall–Kier alpha value is -2.04. The molecule has 1 aliphatic carbocycles. The molecule has 5 atom stereocenters. The third-order valence-electron chi connectivity index (χ3n) is 7.52. The first-order valence-corrected chi connectivity index (χ1v) is 14.4. The van der Waals surface area contributed by atoms with Crippen LogP contribution in [0.25, 0.3) is 0 Å². The molecule has 0 aromatic heterocycles. The lowest BCUT2D eigenvalue weighted by atomic mass is 9.77. The van der Waals surface area contributed by atoms with Gasteiger partial charge in [0.2, 0.25) is 0 Å². The van der Waals surface area contributed by atoms with E-state index in [2.05, 4.69) is 72.3 Å². The SMILES string of the molecule is C=CC(=C)[C@@H]1[C@@H](C(O)C=C)[C@H](Cc2ccc(OC)c(O[Si](C)(C)C(C)(C)C)c2)C[C@H]1C=C. The zero-order valence-electron chi connectivity index (χ0n) is 20.9. The van der Waals surface area contributed by atoms with E-state index in [1.807, 2.05) is 18.2 Å². The number of rotatable bonds is 10. The van der Waals surface area contributed by atoms with Gasteiger partial charge in [-0.15, -0.1) is 13.2 Å². The molecule has 0 aliphatic heterocycles. The molecule has 1 unspecified atom stereocenters. The van der Waals surface area contributed by atoms with E-state index < -0.39 is 14.4 Å². The number of hydrogen-bond donors (Lipinski definition) is 1. The molecule has 3 nitrogen and oxygen atoms in total. The summed E-state index contributed by atoms with van der Waals surface area (Å²) < 4.78 is 12.2. The van der Waals surface area contributed by atoms with Gasteiger partial charge in [0.05, 0.1) is 13.2 Å². The van der Waals surface area contributed by atoms with Crippen molar-refractivity contribution in [3.8, 4) is 11.5 Å². The predicted molar refractivity (Wildman–Crippen MR) is 139 cm³/mol. The summed E-state index contributed by atoms with van der Waals surface area (Å²) in [5.74, 6) is 2.22. The molecule has 0 saturated heterocycles. The maximum atomic E-state index is 10.8. The predicted octanol–water partition coefficient (Wildman–Crippen LogP) is 6.97. The van der Waals surface area contributed by atoms with Gasteiger partial charge in [-0.3, -0.25) is 0 Å². The van der Waals surface area contributed by atoms with Gasteiger partial charge in [0.25, 0.3) is 8.32 Å². The number of allylic oxidation sites excluding steroid dienone is 3. The minimum absolute atomic E-state index is 0.0212. The normalized spacial score (nSPS) is 24.5. The fourth-order valence-electron chi connectivity index (χ4n) is 4.66. The van der Waals surface area contributed by atoms with Crippen molar-refractivity contribution in [2.45, 2.75) is 57.8 Å². The maximum Gasteiger partial charge on any atom is 0.250 e. The first kappa shape index (κ1) is 26.2. The van der Waals surface area contributed by atoms with E-state index in [1.54, 1.807) is 13.2 Å². The molecule has 0 heterocycles. The molecule has 32 heavy (non-hydrogen) atoms. The molecule has 0 radical (unpaired) electrons. The van der Waals surface area contributed by atoms with E-state index in [-0.39, 0.29) is 28.7 Å². The lowest BCUT2D eigenvalue weighted by Gasteiger charge is -2.37. The van der Waals surface area contributed by atoms with Crippen molar-refractivity contribution in [2.75, 3.05) is 7.11 Å². The minimum atomic E-state index is -2.01. The Morgan fingerprint density at radius 2 is 1.88 bits per heavy atom. The molecule has 1 aromatic rings. The van der Waals surface area contributed by atoms with Crippen LogP contribution in [0.5, 0.6) is 11.5 Å². The summed E-state index contributed by atoms with van der Waals surface area (Å²) in [6, 6.07) is 6.22. The second-order valence-corrected chi connectivity index (χ2v) is 15.3. The van der Waals surface area contributed by atoms with Crippen LogP contribution in [-0.4, -0.2) is 26.6 Å². The highest BCUT2D eigenvalue weighted by molar-refractivity contribution is 6.74. The van der Waals surface area contributed by atoms with E-state index >= 15 is 0 Å². The molecular formula is C28H42O3Si. The molecule has 1 saturated carbocycles. The lowest BCUT2D eigenvalue weighted by molar-refractivity contribution is 0.106. The van der Waals surface area contributed by atoms with Gasteiger partial charge in [-0.1, -0.05) is 63.8 Å². The topological polar surface area (TPSA) is 38.7 Å². The molecule has 1 aromatic carbocycles. The number of aliphatic hydroxyl groups is 1. The van der Waals surface area contributed by atoms with E-state index in [0.717, 1.165) is 29.9 Å². The van der Waals surface area contributed by atoms with Crippen LogP contribution in [0.4, 0.5) is 0 Å². The van der Waals surface area contributed by atoms with Crippen LogP contribution in [0.3, 0.4) is 0 Å². The van der Waals surface area contributed by atoms with Crippen molar-refractivity contribution in [3.63, 3.8) is 0 Å². The van der Waals surface area contributed by atoms with E-state index in [4.69, 9.17) is 9.16 Å². The Kier molecular flexibility index (Phi) is 8.41. The van der Waals surface area contributed by atoms with Crippen molar-refractivity contribution >= 4 is 8.32 Å². The summed E-state index contributed by atoms with van der Waals surface area (Å²) in [4.78, 5) is 0. The Morgan fingerprint density at radius 3 is 2.38 bits per heavy atom. The summed E-state index contributed by atoms with van der Waals surface area (Å²) in [5, 5.41) is 10.9. The molecule has 0 amide bonds. The van der Waals surface area contributed by atoms with Gasteiger partial charge in [-0.2, -0.15) is 0 Å². The van der Waals surface area contributed by atoms with Crippen LogP contribution in [0, 0.1) is 23.7 Å². The highest BCUT2D eigenvalue weighted by atomic mass is 28.4. The molecule has 4 heteroatoms. The van der Waals surface area contributed by atoms with Gasteiger partial charge in [-0.05, 0) is 72.3 Å². The Labute approximate surface area is 196 Å². The van der Waals surface area contributed by atoms with Gasteiger partial charge in [-0.25, -0.2) is 0 Å². The number of hydrogen-bond acceptors (Lipinski definition) is 3. The average Bonchev–Trinajstić information content (AvgIpc) is 3.09. The first-order valence-electron chi connectivity index (χ1n) is 11.5. The molecule has 176 valence electrons. The summed E-state index contributed by atoms with van der Waals surface area (Å²) in [6.07, 6.45) is 6.63. The molecule has 0 bridgehead atoms. The summed E-state index contributed by atoms with van der Waals surface area (Å²) >= 11 is 0. The van der Waals surface area contributed by atoms with Gasteiger partial charge in [0.1, 0.15) is 5.75 Å². The average molecular weight is 455 g/mol. The van der Waals surface area contributed by atoms with Crippen LogP contribution in [0.15, 0.2) is 68.3 Å². The van der Waals surface area contributed by atoms with Crippen molar-refractivity contribution < 1.29 is 14.3 Å².